The van der Waals surface area contributed by atoms with Crippen LogP contribution in [0.2, 0.25) is 66.8 Å². The van der Waals surface area contributed by atoms with Crippen molar-refractivity contribution in [2.24, 2.45) is 0 Å². The minimum absolute atomic E-state index is 0.255. The van der Waals surface area contributed by atoms with Gasteiger partial charge in [-0.2, -0.15) is 0 Å². The molecule has 100 valence electrons. The van der Waals surface area contributed by atoms with Crippen LogP contribution in [0, 0.1) is 0 Å². The second-order valence-corrected chi connectivity index (χ2v) is 39.5. The molecular formula is C16H24FeSi. The number of unbranched alkanes of at least 4 members (excludes halogenated alkanes) is 1. The van der Waals surface area contributed by atoms with E-state index in [1.54, 1.807) is 68.7 Å². The van der Waals surface area contributed by atoms with Gasteiger partial charge in [-0.1, -0.05) is 0 Å². The van der Waals surface area contributed by atoms with E-state index in [2.05, 4.69) is 13.1 Å². The second-order valence-electron chi connectivity index (χ2n) is 12.5. The van der Waals surface area contributed by atoms with Gasteiger partial charge in [0.15, 0.2) is 0 Å². The summed E-state index contributed by atoms with van der Waals surface area (Å²) in [6, 6.07) is 1.65. The predicted octanol–water partition coefficient (Wildman–Crippen LogP) is 5.40. The Morgan fingerprint density at radius 3 is 1.72 bits per heavy atom. The van der Waals surface area contributed by atoms with Gasteiger partial charge in [0.1, 0.15) is 0 Å². The molecule has 4 atom stereocenters. The van der Waals surface area contributed by atoms with Gasteiger partial charge < -0.3 is 0 Å². The Morgan fingerprint density at radius 1 is 0.833 bits per heavy atom. The molecule has 1 spiro atoms. The van der Waals surface area contributed by atoms with E-state index in [1.807, 2.05) is 0 Å². The molecule has 0 amide bonds. The van der Waals surface area contributed by atoms with Crippen molar-refractivity contribution >= 4 is 8.80 Å². The Labute approximate surface area is 101 Å². The molecule has 10 aliphatic heterocycles. The van der Waals surface area contributed by atoms with E-state index < -0.39 is 6.51 Å². The summed E-state index contributed by atoms with van der Waals surface area (Å²) in [7, 11) is -0.255. The van der Waals surface area contributed by atoms with Crippen LogP contribution in [0.1, 0.15) is 19.3 Å². The van der Waals surface area contributed by atoms with Crippen LogP contribution in [0.4, 0.5) is 0 Å². The van der Waals surface area contributed by atoms with E-state index in [-0.39, 0.29) is 8.80 Å². The quantitative estimate of drug-likeness (QED) is 0.471. The van der Waals surface area contributed by atoms with E-state index in [9.17, 15) is 0 Å². The second kappa shape index (κ2) is 0.676. The number of hydrogen-bond donors (Lipinski definition) is 0. The van der Waals surface area contributed by atoms with Crippen LogP contribution in [0.5, 0.6) is 0 Å². The molecule has 0 saturated carbocycles. The number of fused-ring (bicyclic) bond motifs is 10. The topological polar surface area (TPSA) is 0 Å². The molecule has 0 aromatic heterocycles. The molecule has 18 heavy (non-hydrogen) atoms. The standard InChI is InChI=1S/C11H19Si.C5H5.Fe/c1-12(2)10-6-5-9-11-7-3-4-8-11;1-2-4-5-3-1;/h3-4,7-8,12H,5-6,9-10H2,1-2H3;1-5H;. The van der Waals surface area contributed by atoms with Crippen molar-refractivity contribution in [1.29, 1.82) is 0 Å². The SMILES string of the molecule is C[SiH](C)CCCC[C]12[CH]3[CH]4[CH]5[CH]1[Fe]45321678[CH]2[CH]1[CH]6[CH]7[CH]28. The van der Waals surface area contributed by atoms with Crippen molar-refractivity contribution in [2.45, 2.75) is 86.1 Å². The zero-order chi connectivity index (χ0) is 11.4. The first-order chi connectivity index (χ1) is 8.46. The maximum atomic E-state index is 2.55. The molecule has 0 aromatic carbocycles. The molecule has 10 rings (SSSR count). The third kappa shape index (κ3) is 0.0843. The Bertz CT molecular complexity index is 863. The van der Waals surface area contributed by atoms with Gasteiger partial charge >= 0.3 is 101 Å². The summed E-state index contributed by atoms with van der Waals surface area (Å²) in [6.45, 7) is 2.48. The van der Waals surface area contributed by atoms with E-state index in [4.69, 9.17) is 0 Å². The molecule has 0 bridgehead atoms. The fourth-order valence-electron chi connectivity index (χ4n) is 18.3. The predicted molar refractivity (Wildman–Crippen MR) is 74.0 cm³/mol. The monoisotopic (exact) mass is 300 g/mol. The summed E-state index contributed by atoms with van der Waals surface area (Å²) in [5, 5.41) is 0. The van der Waals surface area contributed by atoms with Crippen molar-refractivity contribution < 1.29 is 6.51 Å². The molecule has 0 N–H and O–H groups in total. The van der Waals surface area contributed by atoms with Crippen LogP contribution >= 0.6 is 0 Å². The van der Waals surface area contributed by atoms with Crippen LogP contribution in [-0.2, 0) is 6.51 Å². The van der Waals surface area contributed by atoms with Gasteiger partial charge in [0, 0.05) is 0 Å². The third-order valence-corrected chi connectivity index (χ3v) is 61.2. The number of rotatable bonds is 5. The van der Waals surface area contributed by atoms with Gasteiger partial charge in [-0.25, -0.2) is 0 Å². The Morgan fingerprint density at radius 2 is 1.39 bits per heavy atom. The number of hydrogen-bond acceptors (Lipinski definition) is 0. The average molecular weight is 300 g/mol. The normalized spacial score (nSPS) is 114. The van der Waals surface area contributed by atoms with E-state index >= 15 is 0 Å². The molecule has 0 aliphatic carbocycles. The molecule has 0 aromatic rings. The summed E-state index contributed by atoms with van der Waals surface area (Å²) < 4.78 is 1.25. The molecule has 2 heteroatoms. The van der Waals surface area contributed by atoms with Crippen molar-refractivity contribution in [3.63, 3.8) is 0 Å². The van der Waals surface area contributed by atoms with Crippen molar-refractivity contribution in [2.75, 3.05) is 0 Å². The van der Waals surface area contributed by atoms with Gasteiger partial charge in [-0.15, -0.1) is 0 Å². The molecule has 10 saturated heterocycles. The molecule has 0 radical (unpaired) electrons. The molecule has 4 unspecified atom stereocenters. The average Bonchev–Trinajstić information content (AvgIpc) is 3.26. The van der Waals surface area contributed by atoms with Crippen LogP contribution in [-0.4, -0.2) is 8.80 Å². The fourth-order valence-corrected chi connectivity index (χ4v) is 94.8. The van der Waals surface area contributed by atoms with Gasteiger partial charge in [0.25, 0.3) is 0 Å². The van der Waals surface area contributed by atoms with Crippen molar-refractivity contribution in [1.82, 2.24) is 0 Å². The summed E-state index contributed by atoms with van der Waals surface area (Å²) in [5.74, 6) is 0. The van der Waals surface area contributed by atoms with E-state index in [1.165, 1.54) is 4.31 Å². The van der Waals surface area contributed by atoms with Gasteiger partial charge in [-0.3, -0.25) is 0 Å². The van der Waals surface area contributed by atoms with Crippen LogP contribution in [0.3, 0.4) is 0 Å². The van der Waals surface area contributed by atoms with Crippen LogP contribution in [0.15, 0.2) is 0 Å². The molecule has 10 aliphatic rings. The third-order valence-electron chi connectivity index (χ3n) is 16.6. The molecule has 10 heterocycles. The Balaban J connectivity index is 1.21. The maximum absolute atomic E-state index is 2.62. The van der Waals surface area contributed by atoms with Crippen molar-refractivity contribution in [3.05, 3.63) is 0 Å². The summed E-state index contributed by atoms with van der Waals surface area (Å²) in [4.78, 5) is 14.1. The Hall–Kier alpha value is 0.736. The fraction of sp³-hybridized carbons (Fsp3) is 1.00. The molecule has 10 fully saturated rings. The van der Waals surface area contributed by atoms with Crippen LogP contribution < -0.4 is 0 Å². The van der Waals surface area contributed by atoms with Gasteiger partial charge in [0.2, 0.25) is 0 Å². The first kappa shape index (κ1) is 7.66. The minimum atomic E-state index is -2.62. The Kier molecular flexibility index (Phi) is 0.288. The van der Waals surface area contributed by atoms with E-state index in [0.717, 1.165) is 0 Å². The summed E-state index contributed by atoms with van der Waals surface area (Å²) in [6.07, 6.45) is 5.11. The zero-order valence-corrected chi connectivity index (χ0v) is 13.7. The molecule has 0 nitrogen and oxygen atoms in total. The molecular weight excluding hydrogens is 276 g/mol. The van der Waals surface area contributed by atoms with E-state index in [0.29, 0.717) is 0 Å². The first-order valence-corrected chi connectivity index (χ1v) is 18.1. The van der Waals surface area contributed by atoms with Gasteiger partial charge in [0.05, 0.1) is 0 Å². The summed E-state index contributed by atoms with van der Waals surface area (Å²) >= 11 is 0. The summed E-state index contributed by atoms with van der Waals surface area (Å²) in [5.41, 5.74) is 0. The van der Waals surface area contributed by atoms with Crippen LogP contribution in [0.25, 0.3) is 0 Å². The van der Waals surface area contributed by atoms with Gasteiger partial charge in [-0.05, 0) is 0 Å². The zero-order valence-electron chi connectivity index (χ0n) is 11.5. The van der Waals surface area contributed by atoms with Crippen molar-refractivity contribution in [3.8, 4) is 0 Å². The first-order valence-electron chi connectivity index (χ1n) is 8.67.